The fourth-order valence-corrected chi connectivity index (χ4v) is 2.50. The molecule has 0 bridgehead atoms. The average Bonchev–Trinajstić information content (AvgIpc) is 3.14. The second kappa shape index (κ2) is 8.20. The van der Waals surface area contributed by atoms with Crippen LogP contribution in [0.5, 0.6) is 5.75 Å². The lowest BCUT2D eigenvalue weighted by Gasteiger charge is -2.06. The standard InChI is InChI=1S/C20H20N2O4/c1-2-21-19(23)12-22-20(24)18-10-9-17(26-18)13-25-16-8-7-14-5-3-4-6-15(14)11-16/h3-11H,2,12-13H2,1H3,(H,21,23)(H,22,24). The summed E-state index contributed by atoms with van der Waals surface area (Å²) in [6.45, 7) is 2.46. The van der Waals surface area contributed by atoms with Gasteiger partial charge in [0.2, 0.25) is 5.91 Å². The van der Waals surface area contributed by atoms with E-state index in [9.17, 15) is 9.59 Å². The van der Waals surface area contributed by atoms with Crippen molar-refractivity contribution in [2.24, 2.45) is 0 Å². The maximum atomic E-state index is 12.0. The zero-order valence-corrected chi connectivity index (χ0v) is 14.5. The number of hydrogen-bond donors (Lipinski definition) is 2. The zero-order valence-electron chi connectivity index (χ0n) is 14.5. The Labute approximate surface area is 151 Å². The fraction of sp³-hybridized carbons (Fsp3) is 0.200. The highest BCUT2D eigenvalue weighted by Crippen LogP contribution is 2.21. The van der Waals surface area contributed by atoms with Gasteiger partial charge < -0.3 is 19.8 Å². The third kappa shape index (κ3) is 4.42. The van der Waals surface area contributed by atoms with Gasteiger partial charge in [0.05, 0.1) is 6.54 Å². The van der Waals surface area contributed by atoms with Gasteiger partial charge in [0.15, 0.2) is 5.76 Å². The molecule has 2 N–H and O–H groups in total. The van der Waals surface area contributed by atoms with Crippen LogP contribution in [0.1, 0.15) is 23.2 Å². The number of ether oxygens (including phenoxy) is 1. The van der Waals surface area contributed by atoms with Crippen molar-refractivity contribution in [3.63, 3.8) is 0 Å². The quantitative estimate of drug-likeness (QED) is 0.685. The Hall–Kier alpha value is -3.28. The van der Waals surface area contributed by atoms with Gasteiger partial charge in [-0.25, -0.2) is 0 Å². The number of furan rings is 1. The summed E-state index contributed by atoms with van der Waals surface area (Å²) in [6.07, 6.45) is 0. The largest absolute Gasteiger partial charge is 0.486 e. The molecule has 6 heteroatoms. The van der Waals surface area contributed by atoms with Crippen molar-refractivity contribution in [3.05, 3.63) is 66.1 Å². The van der Waals surface area contributed by atoms with E-state index in [0.29, 0.717) is 12.3 Å². The molecular weight excluding hydrogens is 332 g/mol. The third-order valence-electron chi connectivity index (χ3n) is 3.77. The summed E-state index contributed by atoms with van der Waals surface area (Å²) >= 11 is 0. The van der Waals surface area contributed by atoms with Crippen LogP contribution in [0.2, 0.25) is 0 Å². The number of rotatable bonds is 7. The van der Waals surface area contributed by atoms with E-state index in [-0.39, 0.29) is 24.8 Å². The zero-order chi connectivity index (χ0) is 18.4. The Morgan fingerprint density at radius 3 is 2.62 bits per heavy atom. The normalized spacial score (nSPS) is 10.5. The van der Waals surface area contributed by atoms with Gasteiger partial charge in [0.25, 0.3) is 5.91 Å². The lowest BCUT2D eigenvalue weighted by Crippen LogP contribution is -2.36. The van der Waals surface area contributed by atoms with Crippen molar-refractivity contribution < 1.29 is 18.7 Å². The van der Waals surface area contributed by atoms with E-state index >= 15 is 0 Å². The number of amides is 2. The van der Waals surface area contributed by atoms with Crippen LogP contribution in [0.25, 0.3) is 10.8 Å². The maximum Gasteiger partial charge on any atom is 0.287 e. The first-order chi connectivity index (χ1) is 12.7. The van der Waals surface area contributed by atoms with Crippen molar-refractivity contribution in [2.45, 2.75) is 13.5 Å². The number of carbonyl (C=O) groups is 2. The minimum absolute atomic E-state index is 0.0870. The maximum absolute atomic E-state index is 12.0. The molecule has 3 rings (SSSR count). The van der Waals surface area contributed by atoms with Gasteiger partial charge in [-0.2, -0.15) is 0 Å². The Bertz CT molecular complexity index is 917. The Balaban J connectivity index is 1.55. The number of nitrogens with one attached hydrogen (secondary N) is 2. The van der Waals surface area contributed by atoms with Crippen LogP contribution in [0.4, 0.5) is 0 Å². The summed E-state index contributed by atoms with van der Waals surface area (Å²) in [7, 11) is 0. The monoisotopic (exact) mass is 352 g/mol. The molecule has 0 aliphatic carbocycles. The Morgan fingerprint density at radius 2 is 1.81 bits per heavy atom. The molecule has 134 valence electrons. The van der Waals surface area contributed by atoms with Crippen molar-refractivity contribution in [1.82, 2.24) is 10.6 Å². The third-order valence-corrected chi connectivity index (χ3v) is 3.77. The highest BCUT2D eigenvalue weighted by Gasteiger charge is 2.12. The predicted octanol–water partition coefficient (Wildman–Crippen LogP) is 2.88. The minimum atomic E-state index is -0.437. The van der Waals surface area contributed by atoms with Crippen molar-refractivity contribution in [1.29, 1.82) is 0 Å². The molecule has 6 nitrogen and oxygen atoms in total. The number of carbonyl (C=O) groups excluding carboxylic acids is 2. The van der Waals surface area contributed by atoms with Crippen molar-refractivity contribution >= 4 is 22.6 Å². The second-order valence-corrected chi connectivity index (χ2v) is 5.70. The van der Waals surface area contributed by atoms with Gasteiger partial charge in [-0.1, -0.05) is 30.3 Å². The predicted molar refractivity (Wildman–Crippen MR) is 98.0 cm³/mol. The van der Waals surface area contributed by atoms with Crippen molar-refractivity contribution in [2.75, 3.05) is 13.1 Å². The number of hydrogen-bond acceptors (Lipinski definition) is 4. The molecule has 3 aromatic rings. The van der Waals surface area contributed by atoms with Crippen LogP contribution in [0.15, 0.2) is 59.0 Å². The summed E-state index contributed by atoms with van der Waals surface area (Å²) in [6, 6.07) is 17.1. The van der Waals surface area contributed by atoms with E-state index < -0.39 is 5.91 Å². The van der Waals surface area contributed by atoms with Gasteiger partial charge in [0, 0.05) is 6.54 Å². The minimum Gasteiger partial charge on any atom is -0.486 e. The Kier molecular flexibility index (Phi) is 5.53. The summed E-state index contributed by atoms with van der Waals surface area (Å²) < 4.78 is 11.2. The van der Waals surface area contributed by atoms with Crippen molar-refractivity contribution in [3.8, 4) is 5.75 Å². The molecule has 0 saturated heterocycles. The SMILES string of the molecule is CCNC(=O)CNC(=O)c1ccc(COc2ccc3ccccc3c2)o1. The smallest absolute Gasteiger partial charge is 0.287 e. The summed E-state index contributed by atoms with van der Waals surface area (Å²) in [5.74, 6) is 0.718. The topological polar surface area (TPSA) is 80.6 Å². The van der Waals surface area contributed by atoms with Crippen LogP contribution in [0.3, 0.4) is 0 Å². The fourth-order valence-electron chi connectivity index (χ4n) is 2.50. The number of likely N-dealkylation sites (N-methyl/N-ethyl adjacent to an activating group) is 1. The lowest BCUT2D eigenvalue weighted by molar-refractivity contribution is -0.120. The molecule has 26 heavy (non-hydrogen) atoms. The van der Waals surface area contributed by atoms with Gasteiger partial charge in [-0.05, 0) is 42.0 Å². The first-order valence-electron chi connectivity index (χ1n) is 8.41. The lowest BCUT2D eigenvalue weighted by atomic mass is 10.1. The summed E-state index contributed by atoms with van der Waals surface area (Å²) in [5, 5.41) is 7.34. The molecule has 1 heterocycles. The Morgan fingerprint density at radius 1 is 1.00 bits per heavy atom. The number of fused-ring (bicyclic) bond motifs is 1. The van der Waals surface area contributed by atoms with Crippen LogP contribution in [-0.2, 0) is 11.4 Å². The molecule has 0 radical (unpaired) electrons. The first kappa shape index (κ1) is 17.5. The van der Waals surface area contributed by atoms with Crippen LogP contribution >= 0.6 is 0 Å². The van der Waals surface area contributed by atoms with Gasteiger partial charge in [-0.15, -0.1) is 0 Å². The molecular formula is C20H20N2O4. The van der Waals surface area contributed by atoms with Crippen LogP contribution in [0, 0.1) is 0 Å². The second-order valence-electron chi connectivity index (χ2n) is 5.70. The summed E-state index contributed by atoms with van der Waals surface area (Å²) in [4.78, 5) is 23.3. The number of benzene rings is 2. The van der Waals surface area contributed by atoms with E-state index in [4.69, 9.17) is 9.15 Å². The molecule has 0 spiro atoms. The average molecular weight is 352 g/mol. The van der Waals surface area contributed by atoms with E-state index in [1.54, 1.807) is 12.1 Å². The van der Waals surface area contributed by atoms with Gasteiger partial charge >= 0.3 is 0 Å². The van der Waals surface area contributed by atoms with E-state index in [1.807, 2.05) is 49.4 Å². The van der Waals surface area contributed by atoms with E-state index in [2.05, 4.69) is 10.6 Å². The summed E-state index contributed by atoms with van der Waals surface area (Å²) in [5.41, 5.74) is 0. The molecule has 2 amide bonds. The van der Waals surface area contributed by atoms with Crippen LogP contribution in [-0.4, -0.2) is 24.9 Å². The highest BCUT2D eigenvalue weighted by atomic mass is 16.5. The highest BCUT2D eigenvalue weighted by molar-refractivity contribution is 5.94. The van der Waals surface area contributed by atoms with E-state index in [1.165, 1.54) is 0 Å². The molecule has 0 atom stereocenters. The molecule has 0 fully saturated rings. The van der Waals surface area contributed by atoms with Gasteiger partial charge in [0.1, 0.15) is 18.1 Å². The molecule has 0 saturated carbocycles. The van der Waals surface area contributed by atoms with Gasteiger partial charge in [-0.3, -0.25) is 9.59 Å². The van der Waals surface area contributed by atoms with Crippen LogP contribution < -0.4 is 15.4 Å². The molecule has 2 aromatic carbocycles. The van der Waals surface area contributed by atoms with E-state index in [0.717, 1.165) is 16.5 Å². The molecule has 0 unspecified atom stereocenters. The molecule has 0 aliphatic rings. The first-order valence-corrected chi connectivity index (χ1v) is 8.41. The molecule has 0 aliphatic heterocycles. The molecule has 1 aromatic heterocycles.